The van der Waals surface area contributed by atoms with Gasteiger partial charge >= 0.3 is 0 Å². The lowest BCUT2D eigenvalue weighted by molar-refractivity contribution is 0.584. The Morgan fingerprint density at radius 1 is 0.650 bits per heavy atom. The van der Waals surface area contributed by atoms with Crippen molar-refractivity contribution < 1.29 is 4.57 Å². The molecule has 0 unspecified atom stereocenters. The Morgan fingerprint density at radius 2 is 1.05 bits per heavy atom. The fourth-order valence-corrected chi connectivity index (χ4v) is 3.79. The van der Waals surface area contributed by atoms with E-state index in [1.54, 1.807) is 0 Å². The molecule has 0 bridgehead atoms. The van der Waals surface area contributed by atoms with E-state index in [0.29, 0.717) is 0 Å². The molecular formula is C18H23OP. The molecule has 0 aliphatic heterocycles. The lowest BCUT2D eigenvalue weighted by atomic mass is 10.1. The summed E-state index contributed by atoms with van der Waals surface area (Å²) in [6.45, 7) is 0. The van der Waals surface area contributed by atoms with Crippen LogP contribution in [0.25, 0.3) is 0 Å². The summed E-state index contributed by atoms with van der Waals surface area (Å²) in [4.78, 5) is 0. The topological polar surface area (TPSA) is 17.1 Å². The zero-order chi connectivity index (χ0) is 14.0. The van der Waals surface area contributed by atoms with Crippen LogP contribution in [0.5, 0.6) is 0 Å². The van der Waals surface area contributed by atoms with Gasteiger partial charge in [0.1, 0.15) is 0 Å². The van der Waals surface area contributed by atoms with E-state index < -0.39 is 7.80 Å². The van der Waals surface area contributed by atoms with E-state index in [4.69, 9.17) is 0 Å². The molecule has 20 heavy (non-hydrogen) atoms. The fourth-order valence-electron chi connectivity index (χ4n) is 2.39. The Labute approximate surface area is 122 Å². The maximum Gasteiger partial charge on any atom is 0.0762 e. The molecule has 0 amide bonds. The third-order valence-corrected chi connectivity index (χ3v) is 5.35. The van der Waals surface area contributed by atoms with Crippen molar-refractivity contribution in [3.63, 3.8) is 0 Å². The third kappa shape index (κ3) is 5.75. The number of hydrogen-bond donors (Lipinski definition) is 0. The molecule has 0 saturated heterocycles. The molecule has 1 nitrogen and oxygen atoms in total. The van der Waals surface area contributed by atoms with E-state index >= 15 is 0 Å². The van der Waals surface area contributed by atoms with Gasteiger partial charge in [0.15, 0.2) is 0 Å². The zero-order valence-electron chi connectivity index (χ0n) is 11.9. The molecule has 0 radical (unpaired) electrons. The molecule has 0 aliphatic rings. The van der Waals surface area contributed by atoms with Crippen molar-refractivity contribution in [3.8, 4) is 0 Å². The highest BCUT2D eigenvalue weighted by Crippen LogP contribution is 2.24. The van der Waals surface area contributed by atoms with Crippen molar-refractivity contribution in [2.75, 3.05) is 12.3 Å². The summed E-state index contributed by atoms with van der Waals surface area (Å²) in [5, 5.41) is 0. The second kappa shape index (κ2) is 8.76. The van der Waals surface area contributed by atoms with E-state index in [0.717, 1.165) is 38.0 Å². The molecule has 2 aromatic rings. The number of hydrogen-bond acceptors (Lipinski definition) is 1. The fraction of sp³-hybridized carbons (Fsp3) is 0.333. The van der Waals surface area contributed by atoms with Crippen LogP contribution in [0.1, 0.15) is 24.0 Å². The molecule has 106 valence electrons. The summed E-state index contributed by atoms with van der Waals surface area (Å²) in [7, 11) is -1.38. The SMILES string of the molecule is O=[PH](CCCc1ccccc1)CCCc1ccccc1. The Hall–Kier alpha value is -1.33. The zero-order valence-corrected chi connectivity index (χ0v) is 12.9. The van der Waals surface area contributed by atoms with E-state index in [1.807, 2.05) is 12.1 Å². The highest BCUT2D eigenvalue weighted by atomic mass is 31.1. The summed E-state index contributed by atoms with van der Waals surface area (Å²) in [6.07, 6.45) is 5.99. The Bertz CT molecular complexity index is 460. The molecule has 0 heterocycles. The predicted octanol–water partition coefficient (Wildman–Crippen LogP) is 4.81. The van der Waals surface area contributed by atoms with Gasteiger partial charge in [0.2, 0.25) is 0 Å². The first-order valence-electron chi connectivity index (χ1n) is 7.44. The van der Waals surface area contributed by atoms with Crippen molar-refractivity contribution in [1.82, 2.24) is 0 Å². The van der Waals surface area contributed by atoms with Gasteiger partial charge in [-0.15, -0.1) is 0 Å². The Balaban J connectivity index is 1.59. The van der Waals surface area contributed by atoms with Crippen molar-refractivity contribution in [2.24, 2.45) is 0 Å². The largest absolute Gasteiger partial charge is 0.327 e. The van der Waals surface area contributed by atoms with Gasteiger partial charge in [0, 0.05) is 0 Å². The van der Waals surface area contributed by atoms with E-state index in [1.165, 1.54) is 11.1 Å². The summed E-state index contributed by atoms with van der Waals surface area (Å²) in [6, 6.07) is 20.9. The van der Waals surface area contributed by atoms with Crippen LogP contribution in [0, 0.1) is 0 Å². The van der Waals surface area contributed by atoms with Crippen LogP contribution < -0.4 is 0 Å². The normalized spacial score (nSPS) is 10.8. The minimum atomic E-state index is -1.38. The first-order chi connectivity index (χ1) is 9.84. The summed E-state index contributed by atoms with van der Waals surface area (Å²) < 4.78 is 12.0. The first kappa shape index (κ1) is 15.1. The van der Waals surface area contributed by atoms with Crippen LogP contribution >= 0.6 is 7.80 Å². The van der Waals surface area contributed by atoms with Gasteiger partial charge in [-0.25, -0.2) is 0 Å². The van der Waals surface area contributed by atoms with E-state index in [2.05, 4.69) is 48.5 Å². The molecule has 0 spiro atoms. The second-order valence-corrected chi connectivity index (χ2v) is 7.29. The van der Waals surface area contributed by atoms with Crippen molar-refractivity contribution in [3.05, 3.63) is 71.8 Å². The molecule has 0 aromatic heterocycles. The summed E-state index contributed by atoms with van der Waals surface area (Å²) in [5.74, 6) is 0. The average Bonchev–Trinajstić information content (AvgIpc) is 2.49. The average molecular weight is 286 g/mol. The van der Waals surface area contributed by atoms with Gasteiger partial charge in [-0.3, -0.25) is 0 Å². The molecule has 0 atom stereocenters. The van der Waals surface area contributed by atoms with Gasteiger partial charge < -0.3 is 4.57 Å². The smallest absolute Gasteiger partial charge is 0.0762 e. The summed E-state index contributed by atoms with van der Waals surface area (Å²) >= 11 is 0. The molecule has 0 aliphatic carbocycles. The van der Waals surface area contributed by atoms with Crippen LogP contribution in [0.4, 0.5) is 0 Å². The molecule has 2 aromatic carbocycles. The van der Waals surface area contributed by atoms with Gasteiger partial charge in [0.25, 0.3) is 0 Å². The van der Waals surface area contributed by atoms with Crippen molar-refractivity contribution in [1.29, 1.82) is 0 Å². The van der Waals surface area contributed by atoms with Crippen molar-refractivity contribution in [2.45, 2.75) is 25.7 Å². The minimum absolute atomic E-state index is 0.897. The third-order valence-electron chi connectivity index (χ3n) is 3.53. The Morgan fingerprint density at radius 3 is 1.45 bits per heavy atom. The van der Waals surface area contributed by atoms with Gasteiger partial charge in [-0.2, -0.15) is 0 Å². The first-order valence-corrected chi connectivity index (χ1v) is 9.26. The predicted molar refractivity (Wildman–Crippen MR) is 88.3 cm³/mol. The molecule has 0 saturated carbocycles. The highest BCUT2D eigenvalue weighted by molar-refractivity contribution is 7.44. The van der Waals surface area contributed by atoms with Crippen LogP contribution in [0.15, 0.2) is 60.7 Å². The number of aryl methyl sites for hydroxylation is 2. The maximum absolute atomic E-state index is 12.0. The number of benzene rings is 2. The Kier molecular flexibility index (Phi) is 6.60. The van der Waals surface area contributed by atoms with Crippen LogP contribution in [0.2, 0.25) is 0 Å². The van der Waals surface area contributed by atoms with Crippen molar-refractivity contribution >= 4 is 7.80 Å². The monoisotopic (exact) mass is 286 g/mol. The molecule has 2 heteroatoms. The van der Waals surface area contributed by atoms with Gasteiger partial charge in [0.05, 0.1) is 7.80 Å². The molecule has 0 fully saturated rings. The molecule has 0 N–H and O–H groups in total. The highest BCUT2D eigenvalue weighted by Gasteiger charge is 2.01. The lowest BCUT2D eigenvalue weighted by Crippen LogP contribution is -1.91. The minimum Gasteiger partial charge on any atom is -0.327 e. The van der Waals surface area contributed by atoms with Gasteiger partial charge in [-0.05, 0) is 49.1 Å². The molecular weight excluding hydrogens is 263 g/mol. The lowest BCUT2D eigenvalue weighted by Gasteiger charge is -2.04. The van der Waals surface area contributed by atoms with E-state index in [9.17, 15) is 4.57 Å². The molecule has 2 rings (SSSR count). The number of rotatable bonds is 8. The maximum atomic E-state index is 12.0. The van der Waals surface area contributed by atoms with E-state index in [-0.39, 0.29) is 0 Å². The standard InChI is InChI=1S/C18H23OP/c19-20(15-7-13-17-9-3-1-4-10-17)16-8-14-18-11-5-2-6-12-18/h1-6,9-12,20H,7-8,13-16H2. The van der Waals surface area contributed by atoms with Gasteiger partial charge in [-0.1, -0.05) is 60.7 Å². The second-order valence-electron chi connectivity index (χ2n) is 5.22. The quantitative estimate of drug-likeness (QED) is 0.636. The van der Waals surface area contributed by atoms with Crippen LogP contribution in [0.3, 0.4) is 0 Å². The van der Waals surface area contributed by atoms with Crippen LogP contribution in [-0.2, 0) is 17.4 Å². The summed E-state index contributed by atoms with van der Waals surface area (Å²) in [5.41, 5.74) is 2.71. The van der Waals surface area contributed by atoms with Crippen LogP contribution in [-0.4, -0.2) is 12.3 Å².